The van der Waals surface area contributed by atoms with Crippen LogP contribution >= 0.6 is 0 Å². The van der Waals surface area contributed by atoms with Gasteiger partial charge in [0.25, 0.3) is 0 Å². The molecule has 0 atom stereocenters. The molecule has 0 N–H and O–H groups in total. The van der Waals surface area contributed by atoms with E-state index in [1.807, 2.05) is 0 Å². The number of morpholine rings is 1. The van der Waals surface area contributed by atoms with Crippen LogP contribution in [0.1, 0.15) is 44.6 Å². The third kappa shape index (κ3) is 4.23. The van der Waals surface area contributed by atoms with Crippen molar-refractivity contribution in [1.29, 1.82) is 0 Å². The van der Waals surface area contributed by atoms with Crippen molar-refractivity contribution in [2.24, 2.45) is 11.8 Å². The molecule has 0 aromatic heterocycles. The van der Waals surface area contributed by atoms with Gasteiger partial charge in [-0.2, -0.15) is 0 Å². The van der Waals surface area contributed by atoms with Crippen molar-refractivity contribution in [1.82, 2.24) is 0 Å². The van der Waals surface area contributed by atoms with Gasteiger partial charge >= 0.3 is 0 Å². The van der Waals surface area contributed by atoms with Crippen LogP contribution in [0, 0.1) is 11.8 Å². The van der Waals surface area contributed by atoms with E-state index < -0.39 is 0 Å². The van der Waals surface area contributed by atoms with Gasteiger partial charge in [-0.05, 0) is 42.4 Å². The molecule has 1 aliphatic heterocycles. The van der Waals surface area contributed by atoms with Crippen LogP contribution in [-0.4, -0.2) is 26.3 Å². The molecule has 1 saturated carbocycles. The molecule has 2 aliphatic rings. The predicted octanol–water partition coefficient (Wildman–Crippen LogP) is 4.28. The lowest BCUT2D eigenvalue weighted by atomic mass is 9.80. The Labute approximate surface area is 129 Å². The Morgan fingerprint density at radius 3 is 2.62 bits per heavy atom. The quantitative estimate of drug-likeness (QED) is 0.819. The molecule has 0 radical (unpaired) electrons. The molecule has 2 heteroatoms. The highest BCUT2D eigenvalue weighted by Crippen LogP contribution is 2.31. The number of nitrogens with zero attached hydrogens (tertiary/aromatic N) is 1. The summed E-state index contributed by atoms with van der Waals surface area (Å²) in [7, 11) is 0. The summed E-state index contributed by atoms with van der Waals surface area (Å²) < 4.78 is 5.45. The van der Waals surface area contributed by atoms with Crippen LogP contribution in [0.15, 0.2) is 24.3 Å². The first-order valence-corrected chi connectivity index (χ1v) is 8.73. The highest BCUT2D eigenvalue weighted by atomic mass is 16.5. The van der Waals surface area contributed by atoms with Gasteiger partial charge in [0.05, 0.1) is 13.2 Å². The second-order valence-corrected chi connectivity index (χ2v) is 6.93. The summed E-state index contributed by atoms with van der Waals surface area (Å²) in [5.74, 6) is 1.93. The minimum Gasteiger partial charge on any atom is -0.378 e. The molecule has 2 nitrogen and oxygen atoms in total. The fourth-order valence-electron chi connectivity index (χ4n) is 3.72. The largest absolute Gasteiger partial charge is 0.378 e. The Morgan fingerprint density at radius 2 is 1.86 bits per heavy atom. The summed E-state index contributed by atoms with van der Waals surface area (Å²) in [6.07, 6.45) is 8.40. The maximum Gasteiger partial charge on any atom is 0.0642 e. The minimum absolute atomic E-state index is 0.866. The summed E-state index contributed by atoms with van der Waals surface area (Å²) in [4.78, 5) is 2.45. The molecule has 0 unspecified atom stereocenters. The lowest BCUT2D eigenvalue weighted by molar-refractivity contribution is 0.122. The molecule has 0 bridgehead atoms. The number of anilines is 1. The van der Waals surface area contributed by atoms with E-state index >= 15 is 0 Å². The molecule has 1 saturated heterocycles. The molecule has 116 valence electrons. The van der Waals surface area contributed by atoms with Crippen LogP contribution in [0.5, 0.6) is 0 Å². The zero-order valence-corrected chi connectivity index (χ0v) is 13.4. The lowest BCUT2D eigenvalue weighted by Crippen LogP contribution is -2.36. The van der Waals surface area contributed by atoms with Crippen molar-refractivity contribution in [3.05, 3.63) is 29.8 Å². The Hall–Kier alpha value is -1.02. The maximum atomic E-state index is 5.45. The van der Waals surface area contributed by atoms with Gasteiger partial charge < -0.3 is 9.64 Å². The first kappa shape index (κ1) is 14.9. The molecular weight excluding hydrogens is 258 g/mol. The van der Waals surface area contributed by atoms with Gasteiger partial charge in [-0.15, -0.1) is 0 Å². The maximum absolute atomic E-state index is 5.45. The van der Waals surface area contributed by atoms with Crippen LogP contribution < -0.4 is 4.90 Å². The van der Waals surface area contributed by atoms with E-state index in [9.17, 15) is 0 Å². The van der Waals surface area contributed by atoms with Gasteiger partial charge in [0.2, 0.25) is 0 Å². The first-order chi connectivity index (χ1) is 10.3. The molecule has 21 heavy (non-hydrogen) atoms. The molecule has 3 rings (SSSR count). The lowest BCUT2D eigenvalue weighted by Gasteiger charge is -2.29. The van der Waals surface area contributed by atoms with E-state index in [0.29, 0.717) is 0 Å². The number of rotatable bonds is 4. The standard InChI is InChI=1S/C19H29NO/c1-16-5-7-17(8-6-16)9-10-18-3-2-4-19(15-18)20-11-13-21-14-12-20/h2-4,15-17H,5-14H2,1H3. The SMILES string of the molecule is CC1CCC(CCc2cccc(N3CCOCC3)c2)CC1. The number of hydrogen-bond acceptors (Lipinski definition) is 2. The van der Waals surface area contributed by atoms with E-state index in [1.54, 1.807) is 0 Å². The number of aryl methyl sites for hydroxylation is 1. The van der Waals surface area contributed by atoms with Crippen LogP contribution in [0.2, 0.25) is 0 Å². The summed E-state index contributed by atoms with van der Waals surface area (Å²) in [6, 6.07) is 9.17. The highest BCUT2D eigenvalue weighted by molar-refractivity contribution is 5.49. The zero-order chi connectivity index (χ0) is 14.5. The fourth-order valence-corrected chi connectivity index (χ4v) is 3.72. The van der Waals surface area contributed by atoms with E-state index in [0.717, 1.165) is 38.1 Å². The summed E-state index contributed by atoms with van der Waals surface area (Å²) >= 11 is 0. The van der Waals surface area contributed by atoms with Crippen LogP contribution in [-0.2, 0) is 11.2 Å². The van der Waals surface area contributed by atoms with Gasteiger partial charge in [0, 0.05) is 18.8 Å². The Bertz CT molecular complexity index is 431. The van der Waals surface area contributed by atoms with Gasteiger partial charge in [0.1, 0.15) is 0 Å². The van der Waals surface area contributed by atoms with E-state index in [1.165, 1.54) is 49.8 Å². The van der Waals surface area contributed by atoms with Crippen LogP contribution in [0.25, 0.3) is 0 Å². The van der Waals surface area contributed by atoms with Crippen molar-refractivity contribution in [2.75, 3.05) is 31.2 Å². The van der Waals surface area contributed by atoms with Crippen LogP contribution in [0.3, 0.4) is 0 Å². The number of benzene rings is 1. The van der Waals surface area contributed by atoms with Crippen molar-refractivity contribution in [3.8, 4) is 0 Å². The van der Waals surface area contributed by atoms with Crippen LogP contribution in [0.4, 0.5) is 5.69 Å². The van der Waals surface area contributed by atoms with Crippen molar-refractivity contribution in [3.63, 3.8) is 0 Å². The normalized spacial score (nSPS) is 26.8. The summed E-state index contributed by atoms with van der Waals surface area (Å²) in [5.41, 5.74) is 2.89. The van der Waals surface area contributed by atoms with Crippen molar-refractivity contribution in [2.45, 2.75) is 45.4 Å². The third-order valence-corrected chi connectivity index (χ3v) is 5.26. The summed E-state index contributed by atoms with van der Waals surface area (Å²) in [6.45, 7) is 6.20. The second kappa shape index (κ2) is 7.31. The zero-order valence-electron chi connectivity index (χ0n) is 13.4. The number of hydrogen-bond donors (Lipinski definition) is 0. The molecule has 0 amide bonds. The van der Waals surface area contributed by atoms with Crippen molar-refractivity contribution >= 4 is 5.69 Å². The van der Waals surface area contributed by atoms with Gasteiger partial charge in [-0.3, -0.25) is 0 Å². The molecule has 2 fully saturated rings. The Kier molecular flexibility index (Phi) is 5.18. The second-order valence-electron chi connectivity index (χ2n) is 6.93. The monoisotopic (exact) mass is 287 g/mol. The first-order valence-electron chi connectivity index (χ1n) is 8.73. The van der Waals surface area contributed by atoms with E-state index in [2.05, 4.69) is 36.1 Å². The van der Waals surface area contributed by atoms with Gasteiger partial charge in [-0.1, -0.05) is 44.7 Å². The third-order valence-electron chi connectivity index (χ3n) is 5.26. The Morgan fingerprint density at radius 1 is 1.10 bits per heavy atom. The average molecular weight is 287 g/mol. The predicted molar refractivity (Wildman–Crippen MR) is 88.9 cm³/mol. The number of ether oxygens (including phenoxy) is 1. The molecule has 1 heterocycles. The van der Waals surface area contributed by atoms with E-state index in [-0.39, 0.29) is 0 Å². The average Bonchev–Trinajstić information content (AvgIpc) is 2.55. The Balaban J connectivity index is 1.53. The van der Waals surface area contributed by atoms with Crippen molar-refractivity contribution < 1.29 is 4.74 Å². The molecule has 1 aromatic carbocycles. The van der Waals surface area contributed by atoms with Gasteiger partial charge in [-0.25, -0.2) is 0 Å². The molecule has 1 aliphatic carbocycles. The highest BCUT2D eigenvalue weighted by Gasteiger charge is 2.18. The minimum atomic E-state index is 0.866. The smallest absolute Gasteiger partial charge is 0.0642 e. The fraction of sp³-hybridized carbons (Fsp3) is 0.684. The molecule has 1 aromatic rings. The van der Waals surface area contributed by atoms with E-state index in [4.69, 9.17) is 4.74 Å². The molecule has 0 spiro atoms. The summed E-state index contributed by atoms with van der Waals surface area (Å²) in [5, 5.41) is 0. The topological polar surface area (TPSA) is 12.5 Å². The molecular formula is C19H29NO. The van der Waals surface area contributed by atoms with Gasteiger partial charge in [0.15, 0.2) is 0 Å².